The lowest BCUT2D eigenvalue weighted by molar-refractivity contribution is -0.220. The summed E-state index contributed by atoms with van der Waals surface area (Å²) < 4.78 is 33.7. The molecular weight excluding hydrogens is 864 g/mol. The summed E-state index contributed by atoms with van der Waals surface area (Å²) in [5.41, 5.74) is 0. The number of carbonyl (C=O) groups excluding carboxylic acids is 2. The summed E-state index contributed by atoms with van der Waals surface area (Å²) in [5.74, 6) is -1.08. The number of carbonyl (C=O) groups is 2. The first-order valence-corrected chi connectivity index (χ1v) is 28.5. The molecule has 0 bridgehead atoms. The van der Waals surface area contributed by atoms with Crippen LogP contribution in [-0.4, -0.2) is 98.3 Å². The number of phosphoric ester groups is 1. The van der Waals surface area contributed by atoms with Crippen molar-refractivity contribution in [3.8, 4) is 0 Å². The second-order valence-corrected chi connectivity index (χ2v) is 20.5. The fourth-order valence-corrected chi connectivity index (χ4v) is 9.49. The summed E-state index contributed by atoms with van der Waals surface area (Å²) in [5, 5.41) is 50.3. The van der Waals surface area contributed by atoms with Gasteiger partial charge in [-0.15, -0.1) is 0 Å². The molecule has 0 aromatic heterocycles. The number of hydrogen-bond donors (Lipinski definition) is 6. The van der Waals surface area contributed by atoms with Gasteiger partial charge in [-0.3, -0.25) is 18.6 Å². The highest BCUT2D eigenvalue weighted by molar-refractivity contribution is 7.47. The number of aliphatic hydroxyl groups is 5. The largest absolute Gasteiger partial charge is 0.472 e. The topological polar surface area (TPSA) is 210 Å². The van der Waals surface area contributed by atoms with E-state index in [9.17, 15) is 44.6 Å². The van der Waals surface area contributed by atoms with Gasteiger partial charge in [0, 0.05) is 12.8 Å². The molecule has 6 unspecified atom stereocenters. The molecular formula is C52H99O13P. The standard InChI is InChI=1S/C52H99O13P/c1-3-5-7-9-11-13-15-17-19-21-22-23-24-25-27-28-30-32-34-36-38-40-45(53)62-42-44(43-63-66(60,61)65-52-50(58)48(56)47(55)49(57)51(52)59)64-46(54)41-39-37-35-33-31-29-26-20-18-16-14-12-10-8-6-4-2/h17,19,44,47-52,55-59H,3-16,18,20-43H2,1-2H3,(H,60,61)/b19-17+/t44-,47?,48-,49?,50?,51?,52?/m0/s1. The molecule has 1 rings (SSSR count). The van der Waals surface area contributed by atoms with Crippen molar-refractivity contribution in [1.82, 2.24) is 0 Å². The zero-order valence-corrected chi connectivity index (χ0v) is 42.7. The smallest absolute Gasteiger partial charge is 0.462 e. The van der Waals surface area contributed by atoms with Crippen LogP contribution >= 0.6 is 7.82 Å². The summed E-state index contributed by atoms with van der Waals surface area (Å²) in [6.07, 6.45) is 34.0. The van der Waals surface area contributed by atoms with Crippen LogP contribution in [0.1, 0.15) is 251 Å². The zero-order valence-electron chi connectivity index (χ0n) is 41.8. The molecule has 390 valence electrons. The van der Waals surface area contributed by atoms with E-state index < -0.39 is 75.7 Å². The van der Waals surface area contributed by atoms with Gasteiger partial charge < -0.3 is 39.9 Å². The quantitative estimate of drug-likeness (QED) is 0.0145. The van der Waals surface area contributed by atoms with E-state index in [2.05, 4.69) is 26.0 Å². The molecule has 1 aliphatic carbocycles. The summed E-state index contributed by atoms with van der Waals surface area (Å²) in [6, 6.07) is 0. The van der Waals surface area contributed by atoms with Crippen molar-refractivity contribution in [2.45, 2.75) is 294 Å². The molecule has 0 aromatic carbocycles. The van der Waals surface area contributed by atoms with Crippen molar-refractivity contribution in [1.29, 1.82) is 0 Å². The lowest BCUT2D eigenvalue weighted by Crippen LogP contribution is -2.64. The highest BCUT2D eigenvalue weighted by atomic mass is 31.2. The van der Waals surface area contributed by atoms with Crippen LogP contribution in [0.4, 0.5) is 0 Å². The molecule has 66 heavy (non-hydrogen) atoms. The molecule has 1 fully saturated rings. The molecule has 0 aromatic rings. The van der Waals surface area contributed by atoms with Crippen molar-refractivity contribution < 1.29 is 63.1 Å². The van der Waals surface area contributed by atoms with Gasteiger partial charge in [0.2, 0.25) is 0 Å². The van der Waals surface area contributed by atoms with E-state index in [0.717, 1.165) is 38.5 Å². The van der Waals surface area contributed by atoms with E-state index >= 15 is 0 Å². The van der Waals surface area contributed by atoms with Gasteiger partial charge in [-0.05, 0) is 38.5 Å². The molecule has 14 heteroatoms. The van der Waals surface area contributed by atoms with Gasteiger partial charge in [0.25, 0.3) is 0 Å². The predicted octanol–water partition coefficient (Wildman–Crippen LogP) is 11.8. The van der Waals surface area contributed by atoms with E-state index in [1.54, 1.807) is 0 Å². The third-order valence-corrected chi connectivity index (χ3v) is 13.8. The van der Waals surface area contributed by atoms with E-state index in [0.29, 0.717) is 12.8 Å². The van der Waals surface area contributed by atoms with Crippen LogP contribution in [0.25, 0.3) is 0 Å². The number of hydrogen-bond acceptors (Lipinski definition) is 12. The SMILES string of the molecule is CCCCCCCC/C=C/CCCCCCCCCCCCCC(=O)OC[C@@H](COP(=O)(O)OC1C(O)C(O)C(O)[C@H](O)C1O)OC(=O)CCCCCCCCCCCCCCCCCC. The summed E-state index contributed by atoms with van der Waals surface area (Å²) in [7, 11) is -5.12. The average Bonchev–Trinajstić information content (AvgIpc) is 3.30. The molecule has 0 amide bonds. The van der Waals surface area contributed by atoms with Crippen molar-refractivity contribution in [3.05, 3.63) is 12.2 Å². The highest BCUT2D eigenvalue weighted by Gasteiger charge is 2.51. The molecule has 8 atom stereocenters. The summed E-state index contributed by atoms with van der Waals surface area (Å²) in [4.78, 5) is 35.9. The van der Waals surface area contributed by atoms with Gasteiger partial charge in [-0.25, -0.2) is 4.57 Å². The Hall–Kier alpha value is -1.41. The number of aliphatic hydroxyl groups excluding tert-OH is 5. The molecule has 0 spiro atoms. The van der Waals surface area contributed by atoms with Crippen molar-refractivity contribution in [2.24, 2.45) is 0 Å². The van der Waals surface area contributed by atoms with Crippen LogP contribution in [0.2, 0.25) is 0 Å². The number of allylic oxidation sites excluding steroid dienone is 2. The second-order valence-electron chi connectivity index (χ2n) is 19.1. The first-order chi connectivity index (χ1) is 31.9. The van der Waals surface area contributed by atoms with E-state index in [-0.39, 0.29) is 12.8 Å². The van der Waals surface area contributed by atoms with Crippen molar-refractivity contribution >= 4 is 19.8 Å². The maximum atomic E-state index is 12.9. The number of unbranched alkanes of at least 4 members (excludes halogenated alkanes) is 32. The molecule has 0 heterocycles. The third kappa shape index (κ3) is 34.0. The lowest BCUT2D eigenvalue weighted by atomic mass is 9.85. The normalized spacial score (nSPS) is 21.3. The first-order valence-electron chi connectivity index (χ1n) is 27.0. The fraction of sp³-hybridized carbons (Fsp3) is 0.923. The number of rotatable bonds is 46. The Labute approximate surface area is 401 Å². The molecule has 1 aliphatic rings. The highest BCUT2D eigenvalue weighted by Crippen LogP contribution is 2.47. The number of ether oxygens (including phenoxy) is 2. The maximum absolute atomic E-state index is 12.9. The molecule has 0 radical (unpaired) electrons. The van der Waals surface area contributed by atoms with E-state index in [4.69, 9.17) is 18.5 Å². The molecule has 1 saturated carbocycles. The zero-order chi connectivity index (χ0) is 48.5. The maximum Gasteiger partial charge on any atom is 0.472 e. The van der Waals surface area contributed by atoms with E-state index in [1.807, 2.05) is 0 Å². The van der Waals surface area contributed by atoms with Gasteiger partial charge in [0.15, 0.2) is 6.10 Å². The van der Waals surface area contributed by atoms with Crippen molar-refractivity contribution in [2.75, 3.05) is 13.2 Å². The lowest BCUT2D eigenvalue weighted by Gasteiger charge is -2.41. The Morgan fingerprint density at radius 1 is 0.455 bits per heavy atom. The minimum absolute atomic E-state index is 0.103. The van der Waals surface area contributed by atoms with E-state index in [1.165, 1.54) is 173 Å². The minimum Gasteiger partial charge on any atom is -0.462 e. The Kier molecular flexibility index (Phi) is 40.3. The van der Waals surface area contributed by atoms with Gasteiger partial charge >= 0.3 is 19.8 Å². The van der Waals surface area contributed by atoms with Crippen LogP contribution in [0.3, 0.4) is 0 Å². The molecule has 0 aliphatic heterocycles. The number of esters is 2. The summed E-state index contributed by atoms with van der Waals surface area (Å²) >= 11 is 0. The van der Waals surface area contributed by atoms with Crippen LogP contribution in [-0.2, 0) is 32.7 Å². The van der Waals surface area contributed by atoms with Crippen LogP contribution < -0.4 is 0 Å². The fourth-order valence-electron chi connectivity index (χ4n) is 8.52. The monoisotopic (exact) mass is 963 g/mol. The molecule has 6 N–H and O–H groups in total. The Morgan fingerprint density at radius 2 is 0.773 bits per heavy atom. The Balaban J connectivity index is 2.35. The van der Waals surface area contributed by atoms with Crippen LogP contribution in [0.5, 0.6) is 0 Å². The molecule has 13 nitrogen and oxygen atoms in total. The number of phosphoric acid groups is 1. The predicted molar refractivity (Wildman–Crippen MR) is 263 cm³/mol. The van der Waals surface area contributed by atoms with Gasteiger partial charge in [-0.1, -0.05) is 212 Å². The summed E-state index contributed by atoms with van der Waals surface area (Å²) in [6.45, 7) is 3.34. The van der Waals surface area contributed by atoms with Crippen molar-refractivity contribution in [3.63, 3.8) is 0 Å². The minimum atomic E-state index is -5.12. The molecule has 0 saturated heterocycles. The Bertz CT molecular complexity index is 1200. The van der Waals surface area contributed by atoms with Crippen LogP contribution in [0, 0.1) is 0 Å². The average molecular weight is 963 g/mol. The van der Waals surface area contributed by atoms with Gasteiger partial charge in [-0.2, -0.15) is 0 Å². The first kappa shape index (κ1) is 62.6. The van der Waals surface area contributed by atoms with Gasteiger partial charge in [0.05, 0.1) is 6.61 Å². The van der Waals surface area contributed by atoms with Gasteiger partial charge in [0.1, 0.15) is 43.2 Å². The third-order valence-electron chi connectivity index (χ3n) is 12.9. The second kappa shape index (κ2) is 42.5. The Morgan fingerprint density at radius 3 is 1.15 bits per heavy atom. The van der Waals surface area contributed by atoms with Crippen LogP contribution in [0.15, 0.2) is 12.2 Å².